The molecular weight excluding hydrogens is 188 g/mol. The second-order valence-corrected chi connectivity index (χ2v) is 3.65. The molecule has 1 aliphatic heterocycles. The average molecular weight is 204 g/mol. The molecule has 0 fully saturated rings. The normalized spacial score (nSPS) is 22.5. The van der Waals surface area contributed by atoms with E-state index in [0.29, 0.717) is 6.42 Å². The van der Waals surface area contributed by atoms with Crippen molar-refractivity contribution >= 4 is 11.6 Å². The third-order valence-corrected chi connectivity index (χ3v) is 2.25. The fourth-order valence-corrected chi connectivity index (χ4v) is 1.23. The minimum atomic E-state index is -0.0162. The topological polar surface area (TPSA) is 41.5 Å². The lowest BCUT2D eigenvalue weighted by Gasteiger charge is -2.15. The van der Waals surface area contributed by atoms with E-state index < -0.39 is 0 Å². The molecule has 3 nitrogen and oxygen atoms in total. The van der Waals surface area contributed by atoms with Crippen molar-refractivity contribution in [2.45, 2.75) is 20.3 Å². The molecule has 15 heavy (non-hydrogen) atoms. The second-order valence-electron chi connectivity index (χ2n) is 3.65. The summed E-state index contributed by atoms with van der Waals surface area (Å²) in [6.45, 7) is 7.63. The van der Waals surface area contributed by atoms with Crippen LogP contribution in [0.3, 0.4) is 0 Å². The Morgan fingerprint density at radius 1 is 1.67 bits per heavy atom. The van der Waals surface area contributed by atoms with Crippen LogP contribution in [0, 0.1) is 5.92 Å². The summed E-state index contributed by atoms with van der Waals surface area (Å²) in [6.07, 6.45) is 8.09. The van der Waals surface area contributed by atoms with Crippen LogP contribution in [-0.4, -0.2) is 11.6 Å². The lowest BCUT2D eigenvalue weighted by Crippen LogP contribution is -2.30. The van der Waals surface area contributed by atoms with E-state index in [9.17, 15) is 4.79 Å². The van der Waals surface area contributed by atoms with Crippen LogP contribution in [0.1, 0.15) is 20.3 Å². The first-order chi connectivity index (χ1) is 7.13. The lowest BCUT2D eigenvalue weighted by molar-refractivity contribution is -0.121. The van der Waals surface area contributed by atoms with Crippen molar-refractivity contribution in [3.63, 3.8) is 0 Å². The van der Waals surface area contributed by atoms with E-state index >= 15 is 0 Å². The molecule has 0 aromatic heterocycles. The summed E-state index contributed by atoms with van der Waals surface area (Å²) in [5.74, 6) is 0.171. The van der Waals surface area contributed by atoms with E-state index in [-0.39, 0.29) is 11.8 Å². The molecule has 1 heterocycles. The Morgan fingerprint density at radius 2 is 2.40 bits per heavy atom. The van der Waals surface area contributed by atoms with E-state index in [0.717, 1.165) is 11.3 Å². The number of carbonyl (C=O) groups excluding carboxylic acids is 1. The molecule has 1 aliphatic rings. The van der Waals surface area contributed by atoms with Gasteiger partial charge in [0.25, 0.3) is 0 Å². The van der Waals surface area contributed by atoms with Crippen LogP contribution in [0.25, 0.3) is 0 Å². The Bertz CT molecular complexity index is 351. The zero-order chi connectivity index (χ0) is 11.3. The van der Waals surface area contributed by atoms with Gasteiger partial charge >= 0.3 is 0 Å². The molecular formula is C12H16N2O. The molecule has 0 radical (unpaired) electrons. The Morgan fingerprint density at radius 3 is 3.00 bits per heavy atom. The van der Waals surface area contributed by atoms with Crippen molar-refractivity contribution in [3.05, 3.63) is 36.5 Å². The van der Waals surface area contributed by atoms with Gasteiger partial charge in [-0.05, 0) is 13.0 Å². The highest BCUT2D eigenvalue weighted by molar-refractivity contribution is 6.01. The van der Waals surface area contributed by atoms with Crippen LogP contribution in [0.2, 0.25) is 0 Å². The number of hydrogen-bond acceptors (Lipinski definition) is 2. The minimum Gasteiger partial charge on any atom is -0.273 e. The maximum atomic E-state index is 11.0. The van der Waals surface area contributed by atoms with Gasteiger partial charge in [-0.15, -0.1) is 0 Å². The number of hydrogen-bond donors (Lipinski definition) is 1. The maximum absolute atomic E-state index is 11.0. The Kier molecular flexibility index (Phi) is 4.03. The quantitative estimate of drug-likeness (QED) is 0.703. The van der Waals surface area contributed by atoms with Gasteiger partial charge in [0.15, 0.2) is 0 Å². The zero-order valence-corrected chi connectivity index (χ0v) is 9.16. The smallest absolute Gasteiger partial charge is 0.240 e. The standard InChI is InChI=1S/C12H16N2O/c1-4-9(2)6-5-7-11-10(3)8-12(15)14-13-11/h4-7,10H,1,8H2,2-3H3,(H,14,15)/b7-5+,9-6-. The van der Waals surface area contributed by atoms with Crippen molar-refractivity contribution < 1.29 is 4.79 Å². The highest BCUT2D eigenvalue weighted by atomic mass is 16.2. The number of carbonyl (C=O) groups is 1. The molecule has 1 N–H and O–H groups in total. The largest absolute Gasteiger partial charge is 0.273 e. The van der Waals surface area contributed by atoms with E-state index in [2.05, 4.69) is 17.1 Å². The van der Waals surface area contributed by atoms with Gasteiger partial charge in [0.2, 0.25) is 5.91 Å². The summed E-state index contributed by atoms with van der Waals surface area (Å²) in [4.78, 5) is 11.0. The number of allylic oxidation sites excluding steroid dienone is 5. The number of nitrogens with one attached hydrogen (secondary N) is 1. The van der Waals surface area contributed by atoms with E-state index in [1.807, 2.05) is 32.1 Å². The van der Waals surface area contributed by atoms with Crippen molar-refractivity contribution in [1.82, 2.24) is 5.43 Å². The third-order valence-electron chi connectivity index (χ3n) is 2.25. The maximum Gasteiger partial charge on any atom is 0.240 e. The highest BCUT2D eigenvalue weighted by Gasteiger charge is 2.17. The van der Waals surface area contributed by atoms with Crippen LogP contribution in [0.15, 0.2) is 41.6 Å². The van der Waals surface area contributed by atoms with Crippen LogP contribution in [0.4, 0.5) is 0 Å². The zero-order valence-electron chi connectivity index (χ0n) is 9.16. The molecule has 1 atom stereocenters. The molecule has 0 aromatic carbocycles. The van der Waals surface area contributed by atoms with E-state index in [1.54, 1.807) is 6.08 Å². The molecule has 0 saturated carbocycles. The SMILES string of the molecule is C=C/C(C)=C\C=C\C1=NNC(=O)CC1C. The van der Waals surface area contributed by atoms with Crippen molar-refractivity contribution in [3.8, 4) is 0 Å². The fraction of sp³-hybridized carbons (Fsp3) is 0.333. The summed E-state index contributed by atoms with van der Waals surface area (Å²) < 4.78 is 0. The molecule has 0 aromatic rings. The summed E-state index contributed by atoms with van der Waals surface area (Å²) in [6, 6.07) is 0. The number of nitrogens with zero attached hydrogens (tertiary/aromatic N) is 1. The van der Waals surface area contributed by atoms with Gasteiger partial charge in [-0.3, -0.25) is 4.79 Å². The third kappa shape index (κ3) is 3.54. The fourth-order valence-electron chi connectivity index (χ4n) is 1.23. The number of amides is 1. The summed E-state index contributed by atoms with van der Waals surface area (Å²) in [5.41, 5.74) is 4.47. The van der Waals surface area contributed by atoms with Gasteiger partial charge in [-0.1, -0.05) is 37.3 Å². The van der Waals surface area contributed by atoms with Crippen LogP contribution in [-0.2, 0) is 4.79 Å². The molecule has 1 rings (SSSR count). The van der Waals surface area contributed by atoms with Gasteiger partial charge in [0, 0.05) is 12.3 Å². The van der Waals surface area contributed by atoms with Crippen LogP contribution < -0.4 is 5.43 Å². The summed E-state index contributed by atoms with van der Waals surface area (Å²) in [7, 11) is 0. The molecule has 0 saturated heterocycles. The Balaban J connectivity index is 2.66. The first-order valence-electron chi connectivity index (χ1n) is 4.97. The van der Waals surface area contributed by atoms with Gasteiger partial charge in [0.1, 0.15) is 0 Å². The predicted octanol–water partition coefficient (Wildman–Crippen LogP) is 2.19. The summed E-state index contributed by atoms with van der Waals surface area (Å²) in [5, 5.41) is 3.99. The van der Waals surface area contributed by atoms with Gasteiger partial charge in [-0.2, -0.15) is 5.10 Å². The minimum absolute atomic E-state index is 0.0162. The first kappa shape index (κ1) is 11.4. The van der Waals surface area contributed by atoms with Crippen molar-refractivity contribution in [2.75, 3.05) is 0 Å². The van der Waals surface area contributed by atoms with Crippen LogP contribution >= 0.6 is 0 Å². The Hall–Kier alpha value is -1.64. The molecule has 0 spiro atoms. The highest BCUT2D eigenvalue weighted by Crippen LogP contribution is 2.10. The number of hydrazone groups is 1. The van der Waals surface area contributed by atoms with E-state index in [1.165, 1.54) is 0 Å². The van der Waals surface area contributed by atoms with Gasteiger partial charge < -0.3 is 0 Å². The Labute approximate surface area is 90.3 Å². The summed E-state index contributed by atoms with van der Waals surface area (Å²) >= 11 is 0. The van der Waals surface area contributed by atoms with Gasteiger partial charge in [0.05, 0.1) is 5.71 Å². The van der Waals surface area contributed by atoms with E-state index in [4.69, 9.17) is 0 Å². The van der Waals surface area contributed by atoms with Crippen molar-refractivity contribution in [2.24, 2.45) is 11.0 Å². The molecule has 1 amide bonds. The lowest BCUT2D eigenvalue weighted by atomic mass is 10.00. The van der Waals surface area contributed by atoms with Crippen LogP contribution in [0.5, 0.6) is 0 Å². The monoisotopic (exact) mass is 204 g/mol. The van der Waals surface area contributed by atoms with Crippen molar-refractivity contribution in [1.29, 1.82) is 0 Å². The number of rotatable bonds is 3. The second kappa shape index (κ2) is 5.29. The first-order valence-corrected chi connectivity index (χ1v) is 4.97. The molecule has 80 valence electrons. The molecule has 0 aliphatic carbocycles. The average Bonchev–Trinajstić information content (AvgIpc) is 2.21. The molecule has 3 heteroatoms. The van der Waals surface area contributed by atoms with Gasteiger partial charge in [-0.25, -0.2) is 5.43 Å². The molecule has 1 unspecified atom stereocenters. The predicted molar refractivity (Wildman–Crippen MR) is 62.5 cm³/mol. The molecule has 0 bridgehead atoms.